The first-order valence-electron chi connectivity index (χ1n) is 14.6. The van der Waals surface area contributed by atoms with E-state index in [9.17, 15) is 55.2 Å². The summed E-state index contributed by atoms with van der Waals surface area (Å²) >= 11 is 0.824. The van der Waals surface area contributed by atoms with Gasteiger partial charge in [-0.1, -0.05) is 11.8 Å². The third kappa shape index (κ3) is 9.74. The lowest BCUT2D eigenvalue weighted by molar-refractivity contribution is -0.369. The van der Waals surface area contributed by atoms with Crippen LogP contribution in [-0.2, 0) is 42.8 Å². The summed E-state index contributed by atoms with van der Waals surface area (Å²) in [7, 11) is 0. The summed E-state index contributed by atoms with van der Waals surface area (Å²) in [6, 6.07) is -1.26. The minimum Gasteiger partial charge on any atom is -0.394 e. The Balaban J connectivity index is 1.70. The number of aliphatic hydroxyl groups excluding tert-OH is 8. The number of amides is 2. The molecule has 0 aromatic heterocycles. The number of thioether (sulfide) groups is 1. The average molecular weight is 689 g/mol. The van der Waals surface area contributed by atoms with Crippen molar-refractivity contribution >= 4 is 28.7 Å². The lowest BCUT2D eigenvalue weighted by Gasteiger charge is -2.48. The number of hydrogen-bond acceptors (Lipinski definition) is 18. The first-order chi connectivity index (χ1) is 21.7. The first-order valence-corrected chi connectivity index (χ1v) is 15.5. The van der Waals surface area contributed by atoms with Crippen LogP contribution in [0.4, 0.5) is 0 Å². The van der Waals surface area contributed by atoms with E-state index in [1.54, 1.807) is 0 Å². The maximum atomic E-state index is 12.1. The van der Waals surface area contributed by atoms with Gasteiger partial charge in [0.05, 0.1) is 31.7 Å². The number of ether oxygens (including phenoxy) is 6. The van der Waals surface area contributed by atoms with Crippen LogP contribution in [0.5, 0.6) is 0 Å². The lowest BCUT2D eigenvalue weighted by atomic mass is 9.95. The summed E-state index contributed by atoms with van der Waals surface area (Å²) in [6.07, 6.45) is -21.7. The first kappa shape index (κ1) is 38.8. The van der Waals surface area contributed by atoms with Gasteiger partial charge in [0.2, 0.25) is 11.8 Å². The lowest BCUT2D eigenvalue weighted by Crippen LogP contribution is -2.68. The van der Waals surface area contributed by atoms with Crippen molar-refractivity contribution in [3.05, 3.63) is 0 Å². The highest BCUT2D eigenvalue weighted by Gasteiger charge is 2.53. The molecular weight excluding hydrogens is 644 g/mol. The van der Waals surface area contributed by atoms with Gasteiger partial charge in [-0.25, -0.2) is 0 Å². The van der Waals surface area contributed by atoms with Crippen LogP contribution in [0.15, 0.2) is 0 Å². The second kappa shape index (κ2) is 17.7. The molecule has 0 aromatic carbocycles. The molecule has 2 amide bonds. The fraction of sp³-hybridized carbons (Fsp3) is 0.885. The number of aliphatic hydroxyl groups is 8. The summed E-state index contributed by atoms with van der Waals surface area (Å²) in [6.45, 7) is 2.29. The summed E-state index contributed by atoms with van der Waals surface area (Å²) in [5.74, 6) is -1.12. The van der Waals surface area contributed by atoms with Gasteiger partial charge >= 0.3 is 0 Å². The second-order valence-electron chi connectivity index (χ2n) is 11.0. The van der Waals surface area contributed by atoms with E-state index in [2.05, 4.69) is 10.6 Å². The molecule has 3 rings (SSSR count). The Morgan fingerprint density at radius 1 is 0.739 bits per heavy atom. The summed E-state index contributed by atoms with van der Waals surface area (Å²) in [5, 5.41) is 87.4. The minimum absolute atomic E-state index is 0.0220. The van der Waals surface area contributed by atoms with Crippen LogP contribution >= 0.6 is 11.8 Å². The molecule has 3 aliphatic rings. The highest BCUT2D eigenvalue weighted by molar-refractivity contribution is 8.14. The Kier molecular flexibility index (Phi) is 14.9. The van der Waals surface area contributed by atoms with E-state index in [0.29, 0.717) is 0 Å². The van der Waals surface area contributed by atoms with Crippen LogP contribution < -0.4 is 10.6 Å². The molecule has 0 spiro atoms. The average Bonchev–Trinajstić information content (AvgIpc) is 3.01. The van der Waals surface area contributed by atoms with Crippen molar-refractivity contribution in [2.24, 2.45) is 0 Å². The predicted octanol–water partition coefficient (Wildman–Crippen LogP) is -5.98. The molecule has 19 nitrogen and oxygen atoms in total. The monoisotopic (exact) mass is 688 g/mol. The van der Waals surface area contributed by atoms with E-state index >= 15 is 0 Å². The maximum Gasteiger partial charge on any atom is 0.230 e. The number of rotatable bonds is 13. The molecule has 10 N–H and O–H groups in total. The van der Waals surface area contributed by atoms with E-state index in [0.717, 1.165) is 11.8 Å². The molecule has 0 radical (unpaired) electrons. The van der Waals surface area contributed by atoms with Crippen LogP contribution in [0.2, 0.25) is 0 Å². The summed E-state index contributed by atoms with van der Waals surface area (Å²) in [5.41, 5.74) is 0. The standard InChI is InChI=1S/C26H44N2O17S/c1-9-22(44-26-20(38)18(36)16(34)12(6-29)43-26)19(37)21(39)25(41-9)45-23-15(28-10(2)31)24(42-13(7-30)17(23)35)40-5-4-27-14(33)8-46-11(3)32/h9,12-13,15-26,29-30,34-39H,4-8H2,1-3H3,(H,27,33)(H,28,31)/t9-,12+,13+,15+,16+,17+,18-,19-,20+,21+,22-,23+,24+,25-,26+/m0/s1. The number of carbonyl (C=O) groups is 3. The third-order valence-corrected chi connectivity index (χ3v) is 8.36. The van der Waals surface area contributed by atoms with Crippen LogP contribution in [0.25, 0.3) is 0 Å². The number of hydrogen-bond donors (Lipinski definition) is 10. The van der Waals surface area contributed by atoms with Crippen molar-refractivity contribution in [2.75, 3.05) is 32.1 Å². The van der Waals surface area contributed by atoms with Crippen LogP contribution in [0, 0.1) is 0 Å². The SMILES string of the molecule is CC(=O)N[C@H]1[C@H](OCCNC(=O)CSC(C)=O)O[C@H](CO)[C@@H](O)[C@@H]1O[C@@H]1O[C@@H](C)[C@H](O[C@H]2O[C@H](CO)[C@@H](O)[C@H](O)[C@H]2O)[C@@H](O)[C@H]1O. The fourth-order valence-electron chi connectivity index (χ4n) is 5.14. The Bertz CT molecular complexity index is 1010. The fourth-order valence-corrected chi connectivity index (χ4v) is 5.58. The van der Waals surface area contributed by atoms with Gasteiger partial charge in [0, 0.05) is 20.4 Å². The number of carbonyl (C=O) groups excluding carboxylic acids is 3. The number of nitrogens with one attached hydrogen (secondary N) is 2. The Labute approximate surface area is 268 Å². The Hall–Kier alpha value is -1.60. The van der Waals surface area contributed by atoms with Crippen molar-refractivity contribution in [1.29, 1.82) is 0 Å². The zero-order chi connectivity index (χ0) is 34.3. The minimum atomic E-state index is -1.87. The van der Waals surface area contributed by atoms with Crippen LogP contribution in [-0.4, -0.2) is 182 Å². The normalized spacial score (nSPS) is 41.5. The smallest absolute Gasteiger partial charge is 0.230 e. The van der Waals surface area contributed by atoms with E-state index < -0.39 is 117 Å². The quantitative estimate of drug-likeness (QED) is 0.0806. The van der Waals surface area contributed by atoms with E-state index in [1.165, 1.54) is 20.8 Å². The van der Waals surface area contributed by atoms with E-state index in [1.807, 2.05) is 0 Å². The summed E-state index contributed by atoms with van der Waals surface area (Å²) < 4.78 is 33.9. The van der Waals surface area contributed by atoms with Gasteiger partial charge in [0.1, 0.15) is 67.1 Å². The molecule has 0 aliphatic carbocycles. The van der Waals surface area contributed by atoms with Crippen molar-refractivity contribution in [1.82, 2.24) is 10.6 Å². The molecule has 3 aliphatic heterocycles. The molecule has 0 unspecified atom stereocenters. The largest absolute Gasteiger partial charge is 0.394 e. The van der Waals surface area contributed by atoms with E-state index in [4.69, 9.17) is 28.4 Å². The van der Waals surface area contributed by atoms with Crippen LogP contribution in [0.3, 0.4) is 0 Å². The zero-order valence-corrected chi connectivity index (χ0v) is 26.2. The van der Waals surface area contributed by atoms with Crippen molar-refractivity contribution < 1.29 is 83.7 Å². The van der Waals surface area contributed by atoms with Crippen molar-refractivity contribution in [3.63, 3.8) is 0 Å². The zero-order valence-electron chi connectivity index (χ0n) is 25.4. The predicted molar refractivity (Wildman–Crippen MR) is 151 cm³/mol. The maximum absolute atomic E-state index is 12.1. The topological polar surface area (TPSA) is 292 Å². The highest BCUT2D eigenvalue weighted by atomic mass is 32.2. The molecule has 3 saturated heterocycles. The molecule has 15 atom stereocenters. The Morgan fingerprint density at radius 2 is 1.30 bits per heavy atom. The van der Waals surface area contributed by atoms with E-state index in [-0.39, 0.29) is 24.0 Å². The van der Waals surface area contributed by atoms with Crippen LogP contribution in [0.1, 0.15) is 20.8 Å². The molecule has 266 valence electrons. The molecule has 20 heteroatoms. The van der Waals surface area contributed by atoms with Gasteiger partial charge in [0.15, 0.2) is 24.0 Å². The molecular formula is C26H44N2O17S. The molecule has 3 heterocycles. The highest BCUT2D eigenvalue weighted by Crippen LogP contribution is 2.32. The molecule has 0 aromatic rings. The molecule has 0 saturated carbocycles. The molecule has 46 heavy (non-hydrogen) atoms. The van der Waals surface area contributed by atoms with Crippen molar-refractivity contribution in [3.8, 4) is 0 Å². The van der Waals surface area contributed by atoms with Gasteiger partial charge in [-0.15, -0.1) is 0 Å². The second-order valence-corrected chi connectivity index (χ2v) is 12.2. The van der Waals surface area contributed by atoms with Gasteiger partial charge in [0.25, 0.3) is 0 Å². The van der Waals surface area contributed by atoms with Gasteiger partial charge in [-0.2, -0.15) is 0 Å². The Morgan fingerprint density at radius 3 is 1.91 bits per heavy atom. The molecule has 3 fully saturated rings. The molecule has 0 bridgehead atoms. The third-order valence-electron chi connectivity index (χ3n) is 7.54. The summed E-state index contributed by atoms with van der Waals surface area (Å²) in [4.78, 5) is 35.0. The van der Waals surface area contributed by atoms with Gasteiger partial charge in [-0.3, -0.25) is 14.4 Å². The van der Waals surface area contributed by atoms with Gasteiger partial charge < -0.3 is 79.9 Å². The van der Waals surface area contributed by atoms with Crippen molar-refractivity contribution in [2.45, 2.75) is 113 Å². The van der Waals surface area contributed by atoms with Gasteiger partial charge in [-0.05, 0) is 6.92 Å².